The van der Waals surface area contributed by atoms with Gasteiger partial charge in [-0.3, -0.25) is 9.59 Å². The number of hydrogen-bond acceptors (Lipinski definition) is 2. The molecule has 0 spiro atoms. The van der Waals surface area contributed by atoms with Gasteiger partial charge in [0.25, 0.3) is 0 Å². The molecule has 3 unspecified atom stereocenters. The molecule has 2 saturated carbocycles. The molecule has 1 aromatic carbocycles. The number of anilines is 2. The SMILES string of the molecule is CC(=O)N1CCc2cc(NC(=O)C3CC4CCC3C4)ccc21. The van der Waals surface area contributed by atoms with Gasteiger partial charge in [0.1, 0.15) is 0 Å². The van der Waals surface area contributed by atoms with Gasteiger partial charge in [0.15, 0.2) is 0 Å². The van der Waals surface area contributed by atoms with E-state index in [0.29, 0.717) is 5.92 Å². The molecule has 4 heteroatoms. The monoisotopic (exact) mass is 298 g/mol. The summed E-state index contributed by atoms with van der Waals surface area (Å²) in [4.78, 5) is 25.9. The van der Waals surface area contributed by atoms with Crippen LogP contribution in [0.25, 0.3) is 0 Å². The zero-order valence-electron chi connectivity index (χ0n) is 13.0. The molecule has 2 amide bonds. The second-order valence-electron chi connectivity index (χ2n) is 7.03. The van der Waals surface area contributed by atoms with Crippen molar-refractivity contribution >= 4 is 23.2 Å². The Kier molecular flexibility index (Phi) is 3.21. The molecule has 4 rings (SSSR count). The van der Waals surface area contributed by atoms with E-state index < -0.39 is 0 Å². The van der Waals surface area contributed by atoms with E-state index in [0.717, 1.165) is 42.2 Å². The summed E-state index contributed by atoms with van der Waals surface area (Å²) in [6.45, 7) is 2.34. The molecule has 1 aliphatic heterocycles. The van der Waals surface area contributed by atoms with Crippen molar-refractivity contribution in [2.24, 2.45) is 17.8 Å². The minimum Gasteiger partial charge on any atom is -0.326 e. The summed E-state index contributed by atoms with van der Waals surface area (Å²) in [6, 6.07) is 5.91. The number of hydrogen-bond donors (Lipinski definition) is 1. The molecule has 1 N–H and O–H groups in total. The van der Waals surface area contributed by atoms with Crippen molar-refractivity contribution in [2.75, 3.05) is 16.8 Å². The lowest BCUT2D eigenvalue weighted by molar-refractivity contribution is -0.121. The summed E-state index contributed by atoms with van der Waals surface area (Å²) in [5.41, 5.74) is 3.02. The number of amides is 2. The summed E-state index contributed by atoms with van der Waals surface area (Å²) < 4.78 is 0. The molecule has 0 radical (unpaired) electrons. The molecule has 1 heterocycles. The number of fused-ring (bicyclic) bond motifs is 3. The summed E-state index contributed by atoms with van der Waals surface area (Å²) in [5, 5.41) is 3.10. The first-order valence-corrected chi connectivity index (χ1v) is 8.33. The van der Waals surface area contributed by atoms with Crippen molar-refractivity contribution in [1.82, 2.24) is 0 Å². The van der Waals surface area contributed by atoms with Crippen LogP contribution in [0.5, 0.6) is 0 Å². The smallest absolute Gasteiger partial charge is 0.227 e. The van der Waals surface area contributed by atoms with Crippen LogP contribution in [0.4, 0.5) is 11.4 Å². The van der Waals surface area contributed by atoms with Crippen molar-refractivity contribution in [1.29, 1.82) is 0 Å². The molecule has 0 aromatic heterocycles. The summed E-state index contributed by atoms with van der Waals surface area (Å²) in [7, 11) is 0. The zero-order valence-corrected chi connectivity index (χ0v) is 13.0. The first kappa shape index (κ1) is 13.8. The average molecular weight is 298 g/mol. The fraction of sp³-hybridized carbons (Fsp3) is 0.556. The van der Waals surface area contributed by atoms with E-state index in [1.54, 1.807) is 11.8 Å². The first-order valence-electron chi connectivity index (χ1n) is 8.33. The van der Waals surface area contributed by atoms with Gasteiger partial charge in [-0.05, 0) is 61.3 Å². The van der Waals surface area contributed by atoms with Crippen LogP contribution in [0.2, 0.25) is 0 Å². The van der Waals surface area contributed by atoms with Crippen LogP contribution in [0.1, 0.15) is 38.2 Å². The molecule has 3 aliphatic rings. The fourth-order valence-electron chi connectivity index (χ4n) is 4.61. The van der Waals surface area contributed by atoms with E-state index in [-0.39, 0.29) is 17.7 Å². The quantitative estimate of drug-likeness (QED) is 0.912. The number of benzene rings is 1. The van der Waals surface area contributed by atoms with E-state index in [1.165, 1.54) is 19.3 Å². The van der Waals surface area contributed by atoms with Crippen LogP contribution in [0.15, 0.2) is 18.2 Å². The maximum atomic E-state index is 12.5. The Balaban J connectivity index is 1.48. The lowest BCUT2D eigenvalue weighted by atomic mass is 9.88. The number of rotatable bonds is 2. The molecule has 1 aromatic rings. The Bertz CT molecular complexity index is 640. The predicted molar refractivity (Wildman–Crippen MR) is 85.7 cm³/mol. The maximum Gasteiger partial charge on any atom is 0.227 e. The van der Waals surface area contributed by atoms with Crippen molar-refractivity contribution < 1.29 is 9.59 Å². The van der Waals surface area contributed by atoms with Crippen molar-refractivity contribution in [3.8, 4) is 0 Å². The Labute approximate surface area is 130 Å². The standard InChI is InChI=1S/C18H22N2O2/c1-11(21)20-7-6-14-10-15(4-5-17(14)20)19-18(22)16-9-12-2-3-13(16)8-12/h4-5,10,12-13,16H,2-3,6-9H2,1H3,(H,19,22). The van der Waals surface area contributed by atoms with E-state index in [9.17, 15) is 9.59 Å². The number of nitrogens with one attached hydrogen (secondary N) is 1. The van der Waals surface area contributed by atoms with Gasteiger partial charge in [-0.25, -0.2) is 0 Å². The topological polar surface area (TPSA) is 49.4 Å². The zero-order chi connectivity index (χ0) is 15.3. The van der Waals surface area contributed by atoms with Crippen molar-refractivity contribution in [3.63, 3.8) is 0 Å². The first-order chi connectivity index (χ1) is 10.6. The third-order valence-electron chi connectivity index (χ3n) is 5.70. The van der Waals surface area contributed by atoms with Gasteiger partial charge < -0.3 is 10.2 Å². The number of carbonyl (C=O) groups is 2. The second kappa shape index (κ2) is 5.11. The van der Waals surface area contributed by atoms with E-state index in [2.05, 4.69) is 5.32 Å². The highest BCUT2D eigenvalue weighted by Gasteiger charge is 2.43. The molecule has 116 valence electrons. The number of carbonyl (C=O) groups excluding carboxylic acids is 2. The third kappa shape index (κ3) is 2.21. The van der Waals surface area contributed by atoms with Crippen LogP contribution in [-0.4, -0.2) is 18.4 Å². The summed E-state index contributed by atoms with van der Waals surface area (Å²) >= 11 is 0. The van der Waals surface area contributed by atoms with E-state index in [4.69, 9.17) is 0 Å². The van der Waals surface area contributed by atoms with Gasteiger partial charge in [-0.15, -0.1) is 0 Å². The number of nitrogens with zero attached hydrogens (tertiary/aromatic N) is 1. The van der Waals surface area contributed by atoms with Crippen molar-refractivity contribution in [2.45, 2.75) is 39.0 Å². The maximum absolute atomic E-state index is 12.5. The molecule has 4 nitrogen and oxygen atoms in total. The van der Waals surface area contributed by atoms with Crippen molar-refractivity contribution in [3.05, 3.63) is 23.8 Å². The average Bonchev–Trinajstić information content (AvgIpc) is 3.21. The third-order valence-corrected chi connectivity index (χ3v) is 5.70. The van der Waals surface area contributed by atoms with Gasteiger partial charge in [0.05, 0.1) is 0 Å². The van der Waals surface area contributed by atoms with Crippen LogP contribution >= 0.6 is 0 Å². The van der Waals surface area contributed by atoms with Crippen LogP contribution in [-0.2, 0) is 16.0 Å². The summed E-state index contributed by atoms with van der Waals surface area (Å²) in [6.07, 6.45) is 5.72. The molecule has 2 fully saturated rings. The van der Waals surface area contributed by atoms with Gasteiger partial charge in [-0.1, -0.05) is 6.42 Å². The molecule has 2 aliphatic carbocycles. The Hall–Kier alpha value is -1.84. The molecule has 3 atom stereocenters. The highest BCUT2D eigenvalue weighted by atomic mass is 16.2. The molecule has 22 heavy (non-hydrogen) atoms. The van der Waals surface area contributed by atoms with E-state index in [1.807, 2.05) is 18.2 Å². The lowest BCUT2D eigenvalue weighted by Gasteiger charge is -2.21. The Morgan fingerprint density at radius 1 is 1.23 bits per heavy atom. The summed E-state index contributed by atoms with van der Waals surface area (Å²) in [5.74, 6) is 1.87. The second-order valence-corrected chi connectivity index (χ2v) is 7.03. The van der Waals surface area contributed by atoms with Crippen LogP contribution in [0, 0.1) is 17.8 Å². The predicted octanol–water partition coefficient (Wildman–Crippen LogP) is 2.97. The highest BCUT2D eigenvalue weighted by molar-refractivity contribution is 5.96. The minimum absolute atomic E-state index is 0.0810. The molecular weight excluding hydrogens is 276 g/mol. The fourth-order valence-corrected chi connectivity index (χ4v) is 4.61. The van der Waals surface area contributed by atoms with E-state index >= 15 is 0 Å². The van der Waals surface area contributed by atoms with Gasteiger partial charge >= 0.3 is 0 Å². The van der Waals surface area contributed by atoms with Gasteiger partial charge in [-0.2, -0.15) is 0 Å². The van der Waals surface area contributed by atoms with Gasteiger partial charge in [0.2, 0.25) is 11.8 Å². The Morgan fingerprint density at radius 2 is 2.09 bits per heavy atom. The molecule has 0 saturated heterocycles. The lowest BCUT2D eigenvalue weighted by Crippen LogP contribution is -2.27. The van der Waals surface area contributed by atoms with Crippen LogP contribution < -0.4 is 10.2 Å². The van der Waals surface area contributed by atoms with Gasteiger partial charge in [0, 0.05) is 30.8 Å². The molecular formula is C18H22N2O2. The highest BCUT2D eigenvalue weighted by Crippen LogP contribution is 2.48. The normalized spacial score (nSPS) is 28.8. The molecule has 2 bridgehead atoms. The minimum atomic E-state index is 0.0810. The Morgan fingerprint density at radius 3 is 2.77 bits per heavy atom. The van der Waals surface area contributed by atoms with Crippen LogP contribution in [0.3, 0.4) is 0 Å². The largest absolute Gasteiger partial charge is 0.326 e.